The molecule has 0 bridgehead atoms. The van der Waals surface area contributed by atoms with Gasteiger partial charge in [-0.25, -0.2) is 0 Å². The molecule has 0 radical (unpaired) electrons. The summed E-state index contributed by atoms with van der Waals surface area (Å²) in [6.45, 7) is 0.0456. The number of furan rings is 1. The molecule has 0 aliphatic carbocycles. The van der Waals surface area contributed by atoms with Crippen molar-refractivity contribution in [1.82, 2.24) is 4.90 Å². The highest BCUT2D eigenvalue weighted by atomic mass is 35.5. The molecule has 2 heterocycles. The maximum Gasteiger partial charge on any atom is 0.261 e. The van der Waals surface area contributed by atoms with Crippen LogP contribution in [0.2, 0.25) is 5.02 Å². The van der Waals surface area contributed by atoms with Gasteiger partial charge in [-0.1, -0.05) is 41.9 Å². The predicted octanol–water partition coefficient (Wildman–Crippen LogP) is 5.56. The van der Waals surface area contributed by atoms with E-state index in [1.54, 1.807) is 37.4 Å². The Hall–Kier alpha value is -3.57. The third kappa shape index (κ3) is 2.86. The maximum atomic E-state index is 12.7. The van der Waals surface area contributed by atoms with Crippen molar-refractivity contribution in [1.29, 1.82) is 0 Å². The molecule has 5 rings (SSSR count). The quantitative estimate of drug-likeness (QED) is 0.408. The lowest BCUT2D eigenvalue weighted by Gasteiger charge is -2.11. The number of carbonyl (C=O) groups is 2. The molecule has 5 nitrogen and oxygen atoms in total. The van der Waals surface area contributed by atoms with Crippen LogP contribution in [0.5, 0.6) is 5.75 Å². The number of hydrogen-bond acceptors (Lipinski definition) is 4. The van der Waals surface area contributed by atoms with E-state index in [-0.39, 0.29) is 18.4 Å². The van der Waals surface area contributed by atoms with Gasteiger partial charge in [0.2, 0.25) is 0 Å². The second-order valence-corrected chi connectivity index (χ2v) is 7.46. The lowest BCUT2D eigenvalue weighted by Crippen LogP contribution is -2.28. The number of benzene rings is 3. The third-order valence-electron chi connectivity index (χ3n) is 5.22. The van der Waals surface area contributed by atoms with Gasteiger partial charge in [0.15, 0.2) is 0 Å². The van der Waals surface area contributed by atoms with Crippen LogP contribution in [-0.2, 0) is 6.54 Å². The second-order valence-electron chi connectivity index (χ2n) is 7.03. The van der Waals surface area contributed by atoms with Gasteiger partial charge >= 0.3 is 0 Å². The smallest absolute Gasteiger partial charge is 0.261 e. The van der Waals surface area contributed by atoms with Crippen molar-refractivity contribution < 1.29 is 18.7 Å². The number of carbonyl (C=O) groups excluding carboxylic acids is 2. The number of para-hydroxylation sites is 1. The minimum Gasteiger partial charge on any atom is -0.496 e. The zero-order valence-electron chi connectivity index (χ0n) is 16.0. The van der Waals surface area contributed by atoms with Gasteiger partial charge in [0.25, 0.3) is 11.8 Å². The highest BCUT2D eigenvalue weighted by molar-refractivity contribution is 6.32. The summed E-state index contributed by atoms with van der Waals surface area (Å²) in [5.41, 5.74) is 3.07. The van der Waals surface area contributed by atoms with Crippen LogP contribution in [0.4, 0.5) is 0 Å². The zero-order chi connectivity index (χ0) is 20.8. The fourth-order valence-electron chi connectivity index (χ4n) is 3.85. The van der Waals surface area contributed by atoms with Crippen molar-refractivity contribution in [3.63, 3.8) is 0 Å². The van der Waals surface area contributed by atoms with E-state index in [4.69, 9.17) is 20.8 Å². The molecule has 0 atom stereocenters. The van der Waals surface area contributed by atoms with Crippen LogP contribution < -0.4 is 4.74 Å². The molecule has 6 heteroatoms. The Kier molecular flexibility index (Phi) is 4.33. The average Bonchev–Trinajstić information content (AvgIpc) is 3.27. The Morgan fingerprint density at radius 3 is 2.17 bits per heavy atom. The van der Waals surface area contributed by atoms with Crippen LogP contribution in [0.15, 0.2) is 71.1 Å². The number of hydrogen-bond donors (Lipinski definition) is 0. The first-order valence-electron chi connectivity index (χ1n) is 9.37. The first-order chi connectivity index (χ1) is 14.6. The highest BCUT2D eigenvalue weighted by Gasteiger charge is 2.35. The van der Waals surface area contributed by atoms with Crippen LogP contribution in [-0.4, -0.2) is 23.8 Å². The summed E-state index contributed by atoms with van der Waals surface area (Å²) in [6, 6.07) is 19.8. The molecule has 0 unspecified atom stereocenters. The molecule has 0 spiro atoms. The number of rotatable bonds is 4. The van der Waals surface area contributed by atoms with E-state index in [0.717, 1.165) is 16.5 Å². The SMILES string of the molecule is COc1ccccc1-c1cc(Cl)cc2cc(CN3C(=O)c4ccccc4C3=O)oc12. The van der Waals surface area contributed by atoms with Crippen LogP contribution in [0.3, 0.4) is 0 Å². The van der Waals surface area contributed by atoms with E-state index < -0.39 is 0 Å². The second kappa shape index (κ2) is 7.04. The fourth-order valence-corrected chi connectivity index (χ4v) is 4.08. The standard InChI is InChI=1S/C24H16ClNO4/c1-29-21-9-5-4-6-17(21)20-12-15(25)10-14-11-16(30-22(14)20)13-26-23(27)18-7-2-3-8-19(18)24(26)28/h2-12H,13H2,1H3. The topological polar surface area (TPSA) is 59.8 Å². The van der Waals surface area contributed by atoms with E-state index in [9.17, 15) is 9.59 Å². The van der Waals surface area contributed by atoms with Crippen molar-refractivity contribution >= 4 is 34.4 Å². The lowest BCUT2D eigenvalue weighted by molar-refractivity contribution is 0.0632. The summed E-state index contributed by atoms with van der Waals surface area (Å²) in [7, 11) is 1.61. The van der Waals surface area contributed by atoms with E-state index in [1.165, 1.54) is 4.90 Å². The van der Waals surface area contributed by atoms with Crippen molar-refractivity contribution in [2.24, 2.45) is 0 Å². The number of imide groups is 1. The van der Waals surface area contributed by atoms with Gasteiger partial charge in [0, 0.05) is 21.5 Å². The number of fused-ring (bicyclic) bond motifs is 2. The first-order valence-corrected chi connectivity index (χ1v) is 9.75. The Labute approximate surface area is 177 Å². The summed E-state index contributed by atoms with van der Waals surface area (Å²) in [5, 5.41) is 1.34. The molecule has 4 aromatic rings. The molecule has 0 fully saturated rings. The van der Waals surface area contributed by atoms with Gasteiger partial charge in [-0.05, 0) is 36.4 Å². The Bertz CT molecular complexity index is 1290. The molecule has 1 aliphatic heterocycles. The molecule has 0 saturated carbocycles. The van der Waals surface area contributed by atoms with Crippen LogP contribution in [0, 0.1) is 0 Å². The van der Waals surface area contributed by atoms with Gasteiger partial charge in [-0.2, -0.15) is 0 Å². The monoisotopic (exact) mass is 417 g/mol. The van der Waals surface area contributed by atoms with E-state index in [1.807, 2.05) is 36.4 Å². The molecule has 1 aliphatic rings. The van der Waals surface area contributed by atoms with Crippen LogP contribution in [0.25, 0.3) is 22.1 Å². The van der Waals surface area contributed by atoms with Crippen LogP contribution >= 0.6 is 11.6 Å². The number of methoxy groups -OCH3 is 1. The van der Waals surface area contributed by atoms with Crippen molar-refractivity contribution in [2.75, 3.05) is 7.11 Å². The number of amides is 2. The molecule has 3 aromatic carbocycles. The van der Waals surface area contributed by atoms with Crippen molar-refractivity contribution in [3.8, 4) is 16.9 Å². The number of halogens is 1. The summed E-state index contributed by atoms with van der Waals surface area (Å²) in [5.74, 6) is 0.551. The molecule has 148 valence electrons. The lowest BCUT2D eigenvalue weighted by atomic mass is 10.0. The zero-order valence-corrected chi connectivity index (χ0v) is 16.8. The summed E-state index contributed by atoms with van der Waals surface area (Å²) >= 11 is 6.35. The summed E-state index contributed by atoms with van der Waals surface area (Å²) in [6.07, 6.45) is 0. The fraction of sp³-hybridized carbons (Fsp3) is 0.0833. The first kappa shape index (κ1) is 18.5. The highest BCUT2D eigenvalue weighted by Crippen LogP contribution is 2.38. The molecular formula is C24H16ClNO4. The molecule has 0 saturated heterocycles. The average molecular weight is 418 g/mol. The van der Waals surface area contributed by atoms with Crippen molar-refractivity contribution in [2.45, 2.75) is 6.54 Å². The maximum absolute atomic E-state index is 12.7. The van der Waals surface area contributed by atoms with Gasteiger partial charge in [0.1, 0.15) is 17.1 Å². The van der Waals surface area contributed by atoms with Gasteiger partial charge in [-0.3, -0.25) is 14.5 Å². The molecule has 0 N–H and O–H groups in total. The Morgan fingerprint density at radius 2 is 1.50 bits per heavy atom. The largest absolute Gasteiger partial charge is 0.496 e. The van der Waals surface area contributed by atoms with Gasteiger partial charge in [-0.15, -0.1) is 0 Å². The molecule has 2 amide bonds. The normalized spacial score (nSPS) is 13.2. The molecule has 30 heavy (non-hydrogen) atoms. The number of ether oxygens (including phenoxy) is 1. The number of nitrogens with zero attached hydrogens (tertiary/aromatic N) is 1. The minimum absolute atomic E-state index is 0.0456. The predicted molar refractivity (Wildman–Crippen MR) is 114 cm³/mol. The van der Waals surface area contributed by atoms with Gasteiger partial charge < -0.3 is 9.15 Å². The van der Waals surface area contributed by atoms with E-state index in [2.05, 4.69) is 0 Å². The molecule has 1 aromatic heterocycles. The van der Waals surface area contributed by atoms with E-state index >= 15 is 0 Å². The van der Waals surface area contributed by atoms with Gasteiger partial charge in [0.05, 0.1) is 24.8 Å². The van der Waals surface area contributed by atoms with Crippen LogP contribution in [0.1, 0.15) is 26.5 Å². The summed E-state index contributed by atoms with van der Waals surface area (Å²) < 4.78 is 11.6. The molecular weight excluding hydrogens is 402 g/mol. The minimum atomic E-state index is -0.320. The Balaban J connectivity index is 1.57. The van der Waals surface area contributed by atoms with E-state index in [0.29, 0.717) is 33.2 Å². The van der Waals surface area contributed by atoms with Crippen molar-refractivity contribution in [3.05, 3.63) is 88.6 Å². The Morgan fingerprint density at radius 1 is 0.867 bits per heavy atom. The summed E-state index contributed by atoms with van der Waals surface area (Å²) in [4.78, 5) is 26.6. The third-order valence-corrected chi connectivity index (χ3v) is 5.44.